The molecule has 1 aromatic carbocycles. The summed E-state index contributed by atoms with van der Waals surface area (Å²) in [6.07, 6.45) is 1.62. The topological polar surface area (TPSA) is 25.8 Å². The molecule has 0 fully saturated rings. The van der Waals surface area contributed by atoms with Gasteiger partial charge in [-0.25, -0.2) is 9.97 Å². The highest BCUT2D eigenvalue weighted by atomic mass is 35.5. The summed E-state index contributed by atoms with van der Waals surface area (Å²) >= 11 is 7.50. The molecule has 0 unspecified atom stereocenters. The smallest absolute Gasteiger partial charge is 0.171 e. The molecule has 0 spiro atoms. The van der Waals surface area contributed by atoms with Crippen LogP contribution in [0.15, 0.2) is 42.6 Å². The first-order chi connectivity index (χ1) is 7.83. The Morgan fingerprint density at radius 3 is 2.75 bits per heavy atom. The molecule has 78 valence electrons. The molecule has 0 saturated heterocycles. The molecule has 2 aromatic heterocycles. The van der Waals surface area contributed by atoms with E-state index in [1.54, 1.807) is 17.5 Å². The van der Waals surface area contributed by atoms with Crippen molar-refractivity contribution in [3.05, 3.63) is 47.6 Å². The SMILES string of the molecule is Clc1cnc2nc(-c3ccccc3)sc2c1. The van der Waals surface area contributed by atoms with E-state index >= 15 is 0 Å². The molecule has 0 radical (unpaired) electrons. The summed E-state index contributed by atoms with van der Waals surface area (Å²) in [5.74, 6) is 0. The molecule has 2 nitrogen and oxygen atoms in total. The maximum atomic E-state index is 5.89. The van der Waals surface area contributed by atoms with Gasteiger partial charge in [0.2, 0.25) is 0 Å². The average molecular weight is 247 g/mol. The van der Waals surface area contributed by atoms with Crippen molar-refractivity contribution < 1.29 is 0 Å². The van der Waals surface area contributed by atoms with Gasteiger partial charge in [-0.2, -0.15) is 0 Å². The Balaban J connectivity index is 2.19. The van der Waals surface area contributed by atoms with E-state index in [4.69, 9.17) is 11.6 Å². The summed E-state index contributed by atoms with van der Waals surface area (Å²) in [7, 11) is 0. The molecule has 0 saturated carbocycles. The van der Waals surface area contributed by atoms with Crippen molar-refractivity contribution in [3.8, 4) is 10.6 Å². The highest BCUT2D eigenvalue weighted by Gasteiger charge is 2.06. The lowest BCUT2D eigenvalue weighted by atomic mass is 10.2. The minimum Gasteiger partial charge on any atom is -0.234 e. The fraction of sp³-hybridized carbons (Fsp3) is 0. The molecule has 0 aliphatic rings. The van der Waals surface area contributed by atoms with Crippen LogP contribution in [0.5, 0.6) is 0 Å². The Labute approximate surface area is 102 Å². The summed E-state index contributed by atoms with van der Waals surface area (Å²) in [5, 5.41) is 1.63. The highest BCUT2D eigenvalue weighted by Crippen LogP contribution is 2.30. The molecule has 3 aromatic rings. The van der Waals surface area contributed by atoms with Gasteiger partial charge in [-0.1, -0.05) is 41.9 Å². The third kappa shape index (κ3) is 1.68. The second-order valence-corrected chi connectivity index (χ2v) is 4.83. The fourth-order valence-electron chi connectivity index (χ4n) is 1.50. The molecule has 4 heteroatoms. The summed E-state index contributed by atoms with van der Waals surface area (Å²) in [5.41, 5.74) is 1.87. The number of halogens is 1. The number of benzene rings is 1. The van der Waals surface area contributed by atoms with Crippen LogP contribution < -0.4 is 0 Å². The molecule has 2 heterocycles. The Bertz CT molecular complexity index is 634. The molecule has 0 aliphatic carbocycles. The van der Waals surface area contributed by atoms with Crippen LogP contribution in [0, 0.1) is 0 Å². The van der Waals surface area contributed by atoms with Crippen molar-refractivity contribution in [2.45, 2.75) is 0 Å². The summed E-state index contributed by atoms with van der Waals surface area (Å²) in [6.45, 7) is 0. The molecular weight excluding hydrogens is 240 g/mol. The predicted molar refractivity (Wildman–Crippen MR) is 67.9 cm³/mol. The quantitative estimate of drug-likeness (QED) is 0.648. The Morgan fingerprint density at radius 2 is 1.94 bits per heavy atom. The molecule has 16 heavy (non-hydrogen) atoms. The average Bonchev–Trinajstić information content (AvgIpc) is 2.73. The van der Waals surface area contributed by atoms with Gasteiger partial charge in [0.05, 0.1) is 9.72 Å². The fourth-order valence-corrected chi connectivity index (χ4v) is 2.69. The van der Waals surface area contributed by atoms with Crippen molar-refractivity contribution in [1.82, 2.24) is 9.97 Å². The van der Waals surface area contributed by atoms with Gasteiger partial charge in [0.25, 0.3) is 0 Å². The second-order valence-electron chi connectivity index (χ2n) is 3.36. The zero-order valence-electron chi connectivity index (χ0n) is 8.22. The van der Waals surface area contributed by atoms with Crippen molar-refractivity contribution >= 4 is 33.3 Å². The third-order valence-corrected chi connectivity index (χ3v) is 3.48. The predicted octanol–water partition coefficient (Wildman–Crippen LogP) is 4.01. The van der Waals surface area contributed by atoms with E-state index in [1.807, 2.05) is 36.4 Å². The van der Waals surface area contributed by atoms with E-state index in [9.17, 15) is 0 Å². The first kappa shape index (κ1) is 9.75. The first-order valence-electron chi connectivity index (χ1n) is 4.80. The van der Waals surface area contributed by atoms with Crippen molar-refractivity contribution in [3.63, 3.8) is 0 Å². The number of aromatic nitrogens is 2. The van der Waals surface area contributed by atoms with Crippen LogP contribution in [0.3, 0.4) is 0 Å². The molecular formula is C12H7ClN2S. The van der Waals surface area contributed by atoms with Gasteiger partial charge < -0.3 is 0 Å². The molecule has 3 rings (SSSR count). The number of nitrogens with zero attached hydrogens (tertiary/aromatic N) is 2. The van der Waals surface area contributed by atoms with E-state index in [0.29, 0.717) is 5.02 Å². The van der Waals surface area contributed by atoms with Gasteiger partial charge in [0, 0.05) is 11.8 Å². The number of pyridine rings is 1. The van der Waals surface area contributed by atoms with Crippen LogP contribution >= 0.6 is 22.9 Å². The minimum atomic E-state index is 0.649. The van der Waals surface area contributed by atoms with Gasteiger partial charge in [-0.15, -0.1) is 11.3 Å². The number of fused-ring (bicyclic) bond motifs is 1. The van der Waals surface area contributed by atoms with Crippen LogP contribution in [0.25, 0.3) is 20.9 Å². The lowest BCUT2D eigenvalue weighted by molar-refractivity contribution is 1.33. The van der Waals surface area contributed by atoms with Crippen LogP contribution in [0.1, 0.15) is 0 Å². The molecule has 0 N–H and O–H groups in total. The normalized spacial score (nSPS) is 10.8. The third-order valence-electron chi connectivity index (χ3n) is 2.23. The molecule has 0 bridgehead atoms. The van der Waals surface area contributed by atoms with Crippen LogP contribution in [-0.4, -0.2) is 9.97 Å². The largest absolute Gasteiger partial charge is 0.234 e. The van der Waals surface area contributed by atoms with Crippen LogP contribution in [0.2, 0.25) is 5.02 Å². The standard InChI is InChI=1S/C12H7ClN2S/c13-9-6-10-11(14-7-9)15-12(16-10)8-4-2-1-3-5-8/h1-7H. The minimum absolute atomic E-state index is 0.649. The van der Waals surface area contributed by atoms with E-state index in [2.05, 4.69) is 9.97 Å². The number of hydrogen-bond donors (Lipinski definition) is 0. The van der Waals surface area contributed by atoms with Crippen molar-refractivity contribution in [2.75, 3.05) is 0 Å². The van der Waals surface area contributed by atoms with Gasteiger partial charge in [-0.05, 0) is 6.07 Å². The zero-order valence-corrected chi connectivity index (χ0v) is 9.79. The van der Waals surface area contributed by atoms with Gasteiger partial charge in [0.1, 0.15) is 5.01 Å². The highest BCUT2D eigenvalue weighted by molar-refractivity contribution is 7.21. The van der Waals surface area contributed by atoms with Crippen LogP contribution in [-0.2, 0) is 0 Å². The molecule has 0 aliphatic heterocycles. The van der Waals surface area contributed by atoms with Crippen molar-refractivity contribution in [1.29, 1.82) is 0 Å². The Hall–Kier alpha value is -1.45. The maximum Gasteiger partial charge on any atom is 0.171 e. The Kier molecular flexibility index (Phi) is 2.35. The van der Waals surface area contributed by atoms with E-state index in [0.717, 1.165) is 20.9 Å². The van der Waals surface area contributed by atoms with E-state index < -0.39 is 0 Å². The second kappa shape index (κ2) is 3.85. The number of thiazole rings is 1. The van der Waals surface area contributed by atoms with E-state index in [-0.39, 0.29) is 0 Å². The summed E-state index contributed by atoms with van der Waals surface area (Å²) in [4.78, 5) is 8.67. The lowest BCUT2D eigenvalue weighted by Gasteiger charge is -1.91. The Morgan fingerprint density at radius 1 is 1.12 bits per heavy atom. The number of rotatable bonds is 1. The summed E-state index contributed by atoms with van der Waals surface area (Å²) < 4.78 is 1.02. The monoisotopic (exact) mass is 246 g/mol. The van der Waals surface area contributed by atoms with Gasteiger partial charge in [-0.3, -0.25) is 0 Å². The molecule has 0 amide bonds. The van der Waals surface area contributed by atoms with Gasteiger partial charge in [0.15, 0.2) is 5.65 Å². The van der Waals surface area contributed by atoms with Crippen molar-refractivity contribution in [2.24, 2.45) is 0 Å². The molecule has 0 atom stereocenters. The zero-order chi connectivity index (χ0) is 11.0. The summed E-state index contributed by atoms with van der Waals surface area (Å²) in [6, 6.07) is 12.0. The van der Waals surface area contributed by atoms with E-state index in [1.165, 1.54) is 0 Å². The first-order valence-corrected chi connectivity index (χ1v) is 6.00. The maximum absolute atomic E-state index is 5.89. The lowest BCUT2D eigenvalue weighted by Crippen LogP contribution is -1.76. The number of hydrogen-bond acceptors (Lipinski definition) is 3. The van der Waals surface area contributed by atoms with Gasteiger partial charge >= 0.3 is 0 Å². The van der Waals surface area contributed by atoms with Crippen LogP contribution in [0.4, 0.5) is 0 Å².